The van der Waals surface area contributed by atoms with Crippen LogP contribution in [0.2, 0.25) is 0 Å². The molecule has 2 nitrogen and oxygen atoms in total. The first-order valence-electron chi connectivity index (χ1n) is 6.30. The maximum Gasteiger partial charge on any atom is 0.0343 e. The number of nitrogens with one attached hydrogen (secondary N) is 2. The fourth-order valence-corrected chi connectivity index (χ4v) is 2.40. The van der Waals surface area contributed by atoms with Gasteiger partial charge in [0.2, 0.25) is 0 Å². The Morgan fingerprint density at radius 1 is 1.38 bits per heavy atom. The standard InChI is InChI=1S/C14H22N2/c1-11-5-3-7-13(9-11)15-10-14-8-4-6-12(2)16-14/h3,5,7,9,12,14-16H,4,6,8,10H2,1-2H3. The predicted octanol–water partition coefficient (Wildman–Crippen LogP) is 2.94. The van der Waals surface area contributed by atoms with Gasteiger partial charge in [-0.15, -0.1) is 0 Å². The van der Waals surface area contributed by atoms with Crippen molar-refractivity contribution >= 4 is 5.69 Å². The fourth-order valence-electron chi connectivity index (χ4n) is 2.40. The van der Waals surface area contributed by atoms with Gasteiger partial charge in [-0.25, -0.2) is 0 Å². The molecule has 0 bridgehead atoms. The van der Waals surface area contributed by atoms with E-state index in [4.69, 9.17) is 0 Å². The van der Waals surface area contributed by atoms with Crippen LogP contribution in [0, 0.1) is 6.92 Å². The molecule has 0 saturated carbocycles. The van der Waals surface area contributed by atoms with Gasteiger partial charge in [-0.2, -0.15) is 0 Å². The van der Waals surface area contributed by atoms with Crippen molar-refractivity contribution in [1.82, 2.24) is 5.32 Å². The number of aryl methyl sites for hydroxylation is 1. The third-order valence-corrected chi connectivity index (χ3v) is 3.28. The summed E-state index contributed by atoms with van der Waals surface area (Å²) < 4.78 is 0. The summed E-state index contributed by atoms with van der Waals surface area (Å²) in [4.78, 5) is 0. The minimum Gasteiger partial charge on any atom is -0.383 e. The molecule has 2 heteroatoms. The molecular weight excluding hydrogens is 196 g/mol. The van der Waals surface area contributed by atoms with Crippen molar-refractivity contribution in [3.63, 3.8) is 0 Å². The molecule has 0 radical (unpaired) electrons. The largest absolute Gasteiger partial charge is 0.383 e. The van der Waals surface area contributed by atoms with Gasteiger partial charge < -0.3 is 10.6 Å². The zero-order chi connectivity index (χ0) is 11.4. The molecule has 1 aromatic carbocycles. The van der Waals surface area contributed by atoms with E-state index in [0.29, 0.717) is 12.1 Å². The van der Waals surface area contributed by atoms with Gasteiger partial charge >= 0.3 is 0 Å². The minimum absolute atomic E-state index is 0.629. The molecule has 2 atom stereocenters. The molecule has 1 heterocycles. The van der Waals surface area contributed by atoms with Gasteiger partial charge in [0, 0.05) is 24.3 Å². The first-order valence-corrected chi connectivity index (χ1v) is 6.30. The number of piperidine rings is 1. The number of anilines is 1. The Bertz CT molecular complexity index is 335. The molecule has 1 saturated heterocycles. The van der Waals surface area contributed by atoms with Gasteiger partial charge in [-0.3, -0.25) is 0 Å². The smallest absolute Gasteiger partial charge is 0.0343 e. The van der Waals surface area contributed by atoms with Crippen molar-refractivity contribution < 1.29 is 0 Å². The highest BCUT2D eigenvalue weighted by Crippen LogP contribution is 2.14. The summed E-state index contributed by atoms with van der Waals surface area (Å²) in [6, 6.07) is 9.88. The Hall–Kier alpha value is -1.02. The van der Waals surface area contributed by atoms with E-state index >= 15 is 0 Å². The van der Waals surface area contributed by atoms with Crippen LogP contribution in [-0.2, 0) is 0 Å². The van der Waals surface area contributed by atoms with E-state index in [1.165, 1.54) is 30.5 Å². The molecule has 0 aromatic heterocycles. The van der Waals surface area contributed by atoms with Gasteiger partial charge in [0.05, 0.1) is 0 Å². The lowest BCUT2D eigenvalue weighted by atomic mass is 9.99. The first-order chi connectivity index (χ1) is 7.74. The molecule has 16 heavy (non-hydrogen) atoms. The molecule has 0 amide bonds. The van der Waals surface area contributed by atoms with E-state index in [1.807, 2.05) is 0 Å². The highest BCUT2D eigenvalue weighted by molar-refractivity contribution is 5.45. The lowest BCUT2D eigenvalue weighted by molar-refractivity contribution is 0.345. The van der Waals surface area contributed by atoms with E-state index in [-0.39, 0.29) is 0 Å². The van der Waals surface area contributed by atoms with Gasteiger partial charge in [-0.05, 0) is 44.4 Å². The zero-order valence-corrected chi connectivity index (χ0v) is 10.3. The van der Waals surface area contributed by atoms with Crippen molar-refractivity contribution in [1.29, 1.82) is 0 Å². The minimum atomic E-state index is 0.629. The quantitative estimate of drug-likeness (QED) is 0.815. The normalized spacial score (nSPS) is 25.4. The van der Waals surface area contributed by atoms with Crippen LogP contribution in [0.3, 0.4) is 0 Å². The van der Waals surface area contributed by atoms with Crippen LogP contribution in [-0.4, -0.2) is 18.6 Å². The third-order valence-electron chi connectivity index (χ3n) is 3.28. The Morgan fingerprint density at radius 3 is 3.00 bits per heavy atom. The Kier molecular flexibility index (Phi) is 3.83. The van der Waals surface area contributed by atoms with Crippen molar-refractivity contribution in [2.75, 3.05) is 11.9 Å². The number of benzene rings is 1. The van der Waals surface area contributed by atoms with Gasteiger partial charge in [-0.1, -0.05) is 18.6 Å². The summed E-state index contributed by atoms with van der Waals surface area (Å²) in [5.74, 6) is 0. The molecule has 0 spiro atoms. The van der Waals surface area contributed by atoms with E-state index in [9.17, 15) is 0 Å². The van der Waals surface area contributed by atoms with Crippen LogP contribution in [0.25, 0.3) is 0 Å². The Labute approximate surface area is 98.4 Å². The molecular formula is C14H22N2. The second-order valence-corrected chi connectivity index (χ2v) is 4.95. The molecule has 1 fully saturated rings. The van der Waals surface area contributed by atoms with Crippen LogP contribution < -0.4 is 10.6 Å². The second kappa shape index (κ2) is 5.35. The summed E-state index contributed by atoms with van der Waals surface area (Å²) in [5.41, 5.74) is 2.55. The average Bonchev–Trinajstić information content (AvgIpc) is 2.27. The summed E-state index contributed by atoms with van der Waals surface area (Å²) in [6.45, 7) is 5.44. The molecule has 88 valence electrons. The highest BCUT2D eigenvalue weighted by Gasteiger charge is 2.16. The summed E-state index contributed by atoms with van der Waals surface area (Å²) in [5, 5.41) is 7.15. The van der Waals surface area contributed by atoms with Crippen LogP contribution in [0.5, 0.6) is 0 Å². The van der Waals surface area contributed by atoms with Crippen LogP contribution >= 0.6 is 0 Å². The van der Waals surface area contributed by atoms with Crippen LogP contribution in [0.15, 0.2) is 24.3 Å². The predicted molar refractivity (Wildman–Crippen MR) is 69.9 cm³/mol. The Morgan fingerprint density at radius 2 is 2.25 bits per heavy atom. The maximum atomic E-state index is 3.64. The molecule has 1 aromatic rings. The molecule has 2 unspecified atom stereocenters. The van der Waals surface area contributed by atoms with E-state index in [2.05, 4.69) is 48.7 Å². The van der Waals surface area contributed by atoms with Crippen molar-refractivity contribution in [3.05, 3.63) is 29.8 Å². The topological polar surface area (TPSA) is 24.1 Å². The van der Waals surface area contributed by atoms with E-state index in [1.54, 1.807) is 0 Å². The number of rotatable bonds is 3. The average molecular weight is 218 g/mol. The lowest BCUT2D eigenvalue weighted by Crippen LogP contribution is -2.44. The highest BCUT2D eigenvalue weighted by atomic mass is 15.0. The van der Waals surface area contributed by atoms with Gasteiger partial charge in [0.25, 0.3) is 0 Å². The maximum absolute atomic E-state index is 3.64. The summed E-state index contributed by atoms with van der Waals surface area (Å²) >= 11 is 0. The summed E-state index contributed by atoms with van der Waals surface area (Å²) in [6.07, 6.45) is 3.97. The van der Waals surface area contributed by atoms with Gasteiger partial charge in [0.15, 0.2) is 0 Å². The molecule has 0 aliphatic carbocycles. The second-order valence-electron chi connectivity index (χ2n) is 4.95. The monoisotopic (exact) mass is 218 g/mol. The van der Waals surface area contributed by atoms with Crippen LogP contribution in [0.4, 0.5) is 5.69 Å². The SMILES string of the molecule is Cc1cccc(NCC2CCCC(C)N2)c1. The number of hydrogen-bond acceptors (Lipinski definition) is 2. The molecule has 2 N–H and O–H groups in total. The van der Waals surface area contributed by atoms with Gasteiger partial charge in [0.1, 0.15) is 0 Å². The number of hydrogen-bond donors (Lipinski definition) is 2. The van der Waals surface area contributed by atoms with E-state index in [0.717, 1.165) is 6.54 Å². The van der Waals surface area contributed by atoms with Crippen molar-refractivity contribution in [2.24, 2.45) is 0 Å². The van der Waals surface area contributed by atoms with Crippen LogP contribution in [0.1, 0.15) is 31.7 Å². The summed E-state index contributed by atoms with van der Waals surface area (Å²) in [7, 11) is 0. The van der Waals surface area contributed by atoms with Crippen molar-refractivity contribution in [2.45, 2.75) is 45.2 Å². The van der Waals surface area contributed by atoms with E-state index < -0.39 is 0 Å². The zero-order valence-electron chi connectivity index (χ0n) is 10.3. The van der Waals surface area contributed by atoms with Crippen molar-refractivity contribution in [3.8, 4) is 0 Å². The lowest BCUT2D eigenvalue weighted by Gasteiger charge is -2.29. The third kappa shape index (κ3) is 3.24. The first kappa shape index (κ1) is 11.5. The molecule has 1 aliphatic heterocycles. The molecule has 2 rings (SSSR count). The molecule has 1 aliphatic rings. The Balaban J connectivity index is 1.82. The fraction of sp³-hybridized carbons (Fsp3) is 0.571.